The molecule has 0 aliphatic carbocycles. The summed E-state index contributed by atoms with van der Waals surface area (Å²) in [5.74, 6) is -0.118. The molecule has 0 fully saturated rings. The normalized spacial score (nSPS) is 11.4. The van der Waals surface area contributed by atoms with Crippen LogP contribution < -0.4 is 11.1 Å². The van der Waals surface area contributed by atoms with Gasteiger partial charge >= 0.3 is 0 Å². The lowest BCUT2D eigenvalue weighted by Crippen LogP contribution is -2.43. The topological polar surface area (TPSA) is 71.2 Å². The second-order valence-electron chi connectivity index (χ2n) is 5.79. The first-order chi connectivity index (χ1) is 11.1. The first-order valence-corrected chi connectivity index (χ1v) is 8.60. The van der Waals surface area contributed by atoms with E-state index in [1.54, 1.807) is 5.38 Å². The molecule has 8 heteroatoms. The monoisotopic (exact) mass is 404 g/mol. The van der Waals surface area contributed by atoms with Crippen LogP contribution >= 0.6 is 36.2 Å². The summed E-state index contributed by atoms with van der Waals surface area (Å²) in [5, 5.41) is 5.81. The van der Waals surface area contributed by atoms with Crippen LogP contribution in [0, 0.1) is 0 Å². The highest BCUT2D eigenvalue weighted by molar-refractivity contribution is 7.09. The number of carbonyl (C=O) groups is 1. The first-order valence-electron chi connectivity index (χ1n) is 7.72. The maximum absolute atomic E-state index is 12.4. The predicted octanol–water partition coefficient (Wildman–Crippen LogP) is 2.39. The van der Waals surface area contributed by atoms with Gasteiger partial charge in [0.25, 0.3) is 5.91 Å². The quantitative estimate of drug-likeness (QED) is 0.708. The molecule has 1 atom stereocenters. The molecular formula is C17H26Cl2N4OS. The van der Waals surface area contributed by atoms with Gasteiger partial charge in [-0.05, 0) is 32.6 Å². The van der Waals surface area contributed by atoms with Crippen molar-refractivity contribution >= 4 is 42.1 Å². The summed E-state index contributed by atoms with van der Waals surface area (Å²) in [7, 11) is 4.01. The number of rotatable bonds is 8. The molecule has 3 N–H and O–H groups in total. The summed E-state index contributed by atoms with van der Waals surface area (Å²) in [6.45, 7) is 1.33. The van der Waals surface area contributed by atoms with Crippen LogP contribution in [0.25, 0.3) is 0 Å². The number of nitrogens with two attached hydrogens (primary N) is 1. The van der Waals surface area contributed by atoms with Gasteiger partial charge in [0.1, 0.15) is 5.69 Å². The molecule has 25 heavy (non-hydrogen) atoms. The molecule has 0 radical (unpaired) electrons. The van der Waals surface area contributed by atoms with E-state index in [1.807, 2.05) is 32.3 Å². The molecule has 1 unspecified atom stereocenters. The lowest BCUT2D eigenvalue weighted by molar-refractivity contribution is 0.0925. The van der Waals surface area contributed by atoms with Gasteiger partial charge < -0.3 is 16.0 Å². The van der Waals surface area contributed by atoms with E-state index in [1.165, 1.54) is 16.9 Å². The Balaban J connectivity index is 0.00000288. The highest BCUT2D eigenvalue weighted by Gasteiger charge is 2.17. The lowest BCUT2D eigenvalue weighted by atomic mass is 10.1. The Hall–Kier alpha value is -1.18. The van der Waals surface area contributed by atoms with Gasteiger partial charge in [-0.25, -0.2) is 4.98 Å². The Morgan fingerprint density at radius 2 is 1.96 bits per heavy atom. The maximum atomic E-state index is 12.4. The van der Waals surface area contributed by atoms with E-state index in [-0.39, 0.29) is 36.8 Å². The van der Waals surface area contributed by atoms with Crippen LogP contribution in [0.1, 0.15) is 21.1 Å². The van der Waals surface area contributed by atoms with Crippen LogP contribution in [-0.4, -0.2) is 49.0 Å². The van der Waals surface area contributed by atoms with Crippen molar-refractivity contribution in [3.63, 3.8) is 0 Å². The van der Waals surface area contributed by atoms with Crippen LogP contribution in [0.15, 0.2) is 35.7 Å². The average Bonchev–Trinajstić information content (AvgIpc) is 2.97. The summed E-state index contributed by atoms with van der Waals surface area (Å²) in [4.78, 5) is 18.9. The predicted molar refractivity (Wildman–Crippen MR) is 109 cm³/mol. The van der Waals surface area contributed by atoms with E-state index in [9.17, 15) is 4.79 Å². The summed E-state index contributed by atoms with van der Waals surface area (Å²) in [5.41, 5.74) is 7.22. The van der Waals surface area contributed by atoms with Crippen molar-refractivity contribution in [2.24, 2.45) is 5.73 Å². The van der Waals surface area contributed by atoms with Gasteiger partial charge in [0.2, 0.25) is 0 Å². The van der Waals surface area contributed by atoms with Crippen LogP contribution in [-0.2, 0) is 12.8 Å². The van der Waals surface area contributed by atoms with Gasteiger partial charge in [0, 0.05) is 24.4 Å². The van der Waals surface area contributed by atoms with Crippen molar-refractivity contribution in [2.45, 2.75) is 18.9 Å². The Kier molecular flexibility index (Phi) is 11.6. The van der Waals surface area contributed by atoms with Crippen LogP contribution in [0.3, 0.4) is 0 Å². The Morgan fingerprint density at radius 1 is 1.28 bits per heavy atom. The molecule has 140 valence electrons. The Labute approximate surface area is 165 Å². The molecule has 0 aliphatic rings. The number of likely N-dealkylation sites (N-methyl/N-ethyl adjacent to an activating group) is 1. The number of carbonyl (C=O) groups excluding carboxylic acids is 1. The number of halogens is 2. The smallest absolute Gasteiger partial charge is 0.271 e. The summed E-state index contributed by atoms with van der Waals surface area (Å²) in [6.07, 6.45) is 1.51. The van der Waals surface area contributed by atoms with Crippen molar-refractivity contribution < 1.29 is 4.79 Å². The number of hydrogen-bond acceptors (Lipinski definition) is 5. The molecule has 0 saturated heterocycles. The summed E-state index contributed by atoms with van der Waals surface area (Å²) >= 11 is 1.49. The molecular weight excluding hydrogens is 379 g/mol. The lowest BCUT2D eigenvalue weighted by Gasteiger charge is -2.22. The van der Waals surface area contributed by atoms with Crippen molar-refractivity contribution in [3.8, 4) is 0 Å². The van der Waals surface area contributed by atoms with Crippen LogP contribution in [0.5, 0.6) is 0 Å². The van der Waals surface area contributed by atoms with E-state index >= 15 is 0 Å². The molecule has 0 bridgehead atoms. The number of amides is 1. The molecule has 1 heterocycles. The van der Waals surface area contributed by atoms with Gasteiger partial charge in [-0.2, -0.15) is 0 Å². The SMILES string of the molecule is CN(C)CC(Cc1ccccc1)NC(=O)c1csc(CCN)n1.Cl.Cl. The molecule has 1 aromatic carbocycles. The molecule has 1 amide bonds. The minimum Gasteiger partial charge on any atom is -0.346 e. The van der Waals surface area contributed by atoms with Gasteiger partial charge in [-0.3, -0.25) is 4.79 Å². The molecule has 0 saturated carbocycles. The van der Waals surface area contributed by atoms with E-state index in [0.717, 1.165) is 18.0 Å². The average molecular weight is 405 g/mol. The maximum Gasteiger partial charge on any atom is 0.271 e. The second kappa shape index (κ2) is 12.2. The fraction of sp³-hybridized carbons (Fsp3) is 0.412. The molecule has 0 spiro atoms. The summed E-state index contributed by atoms with van der Waals surface area (Å²) in [6, 6.07) is 10.2. The van der Waals surface area contributed by atoms with Crippen LogP contribution in [0.4, 0.5) is 0 Å². The van der Waals surface area contributed by atoms with Gasteiger partial charge in [0.05, 0.1) is 5.01 Å². The number of aromatic nitrogens is 1. The molecule has 0 aliphatic heterocycles. The largest absolute Gasteiger partial charge is 0.346 e. The zero-order valence-corrected chi connectivity index (χ0v) is 16.9. The number of hydrogen-bond donors (Lipinski definition) is 2. The third kappa shape index (κ3) is 8.16. The van der Waals surface area contributed by atoms with E-state index in [4.69, 9.17) is 5.73 Å². The van der Waals surface area contributed by atoms with Crippen molar-refractivity contribution in [1.29, 1.82) is 0 Å². The van der Waals surface area contributed by atoms with Crippen molar-refractivity contribution in [3.05, 3.63) is 52.0 Å². The first kappa shape index (κ1) is 23.8. The summed E-state index contributed by atoms with van der Waals surface area (Å²) < 4.78 is 0. The fourth-order valence-corrected chi connectivity index (χ4v) is 3.21. The van der Waals surface area contributed by atoms with E-state index in [0.29, 0.717) is 18.7 Å². The number of nitrogens with one attached hydrogen (secondary N) is 1. The third-order valence-electron chi connectivity index (χ3n) is 3.39. The van der Waals surface area contributed by atoms with Crippen molar-refractivity contribution in [1.82, 2.24) is 15.2 Å². The fourth-order valence-electron chi connectivity index (χ4n) is 2.41. The Bertz CT molecular complexity index is 622. The van der Waals surface area contributed by atoms with Crippen LogP contribution in [0.2, 0.25) is 0 Å². The van der Waals surface area contributed by atoms with E-state index < -0.39 is 0 Å². The second-order valence-corrected chi connectivity index (χ2v) is 6.73. The van der Waals surface area contributed by atoms with Gasteiger partial charge in [-0.15, -0.1) is 36.2 Å². The number of thiazole rings is 1. The van der Waals surface area contributed by atoms with E-state index in [2.05, 4.69) is 27.3 Å². The van der Waals surface area contributed by atoms with Crippen molar-refractivity contribution in [2.75, 3.05) is 27.2 Å². The highest BCUT2D eigenvalue weighted by atomic mass is 35.5. The zero-order valence-electron chi connectivity index (χ0n) is 14.5. The Morgan fingerprint density at radius 3 is 2.56 bits per heavy atom. The number of nitrogens with zero attached hydrogens (tertiary/aromatic N) is 2. The molecule has 1 aromatic heterocycles. The zero-order chi connectivity index (χ0) is 16.7. The van der Waals surface area contributed by atoms with Gasteiger partial charge in [0.15, 0.2) is 0 Å². The minimum atomic E-state index is -0.118. The molecule has 2 aromatic rings. The standard InChI is InChI=1S/C17H24N4OS.2ClH/c1-21(2)11-14(10-13-6-4-3-5-7-13)19-17(22)15-12-23-16(20-15)8-9-18;;/h3-7,12,14H,8-11,18H2,1-2H3,(H,19,22);2*1H. The third-order valence-corrected chi connectivity index (χ3v) is 4.30. The molecule has 5 nitrogen and oxygen atoms in total. The number of benzene rings is 1. The molecule has 2 rings (SSSR count). The highest BCUT2D eigenvalue weighted by Crippen LogP contribution is 2.11. The van der Waals surface area contributed by atoms with Gasteiger partial charge in [-0.1, -0.05) is 30.3 Å². The minimum absolute atomic E-state index is 0.